The van der Waals surface area contributed by atoms with Gasteiger partial charge in [-0.2, -0.15) is 13.2 Å². The zero-order chi connectivity index (χ0) is 25.5. The molecule has 10 heteroatoms. The molecule has 2 atom stereocenters. The zero-order valence-corrected chi connectivity index (χ0v) is 18.4. The average Bonchev–Trinajstić information content (AvgIpc) is 3.15. The van der Waals surface area contributed by atoms with Crippen molar-refractivity contribution in [3.63, 3.8) is 0 Å². The van der Waals surface area contributed by atoms with Gasteiger partial charge in [0.05, 0.1) is 5.56 Å². The van der Waals surface area contributed by atoms with Crippen LogP contribution in [0.3, 0.4) is 0 Å². The van der Waals surface area contributed by atoms with Crippen LogP contribution in [0.4, 0.5) is 13.2 Å². The van der Waals surface area contributed by atoms with Crippen LogP contribution < -0.4 is 16.2 Å². The summed E-state index contributed by atoms with van der Waals surface area (Å²) in [6.07, 6.45) is -2.57. The van der Waals surface area contributed by atoms with Crippen molar-refractivity contribution in [2.75, 3.05) is 0 Å². The Kier molecular flexibility index (Phi) is 8.97. The average molecular weight is 478 g/mol. The summed E-state index contributed by atoms with van der Waals surface area (Å²) in [6.45, 7) is 0.972. The first-order valence-electron chi connectivity index (χ1n) is 10.4. The van der Waals surface area contributed by atoms with E-state index in [1.807, 2.05) is 30.3 Å². The third-order valence-corrected chi connectivity index (χ3v) is 5.11. The van der Waals surface area contributed by atoms with Gasteiger partial charge in [0.15, 0.2) is 6.04 Å². The monoisotopic (exact) mass is 478 g/mol. The molecule has 7 nitrogen and oxygen atoms in total. The highest BCUT2D eigenvalue weighted by molar-refractivity contribution is 5.88. The number of hydrogen-bond acceptors (Lipinski definition) is 4. The van der Waals surface area contributed by atoms with Crippen molar-refractivity contribution in [2.45, 2.75) is 44.4 Å². The third kappa shape index (κ3) is 7.45. The van der Waals surface area contributed by atoms with Crippen molar-refractivity contribution in [3.05, 3.63) is 76.9 Å². The molecule has 1 aliphatic rings. The number of nitrogens with one attached hydrogen (secondary N) is 1. The predicted octanol–water partition coefficient (Wildman–Crippen LogP) is 1.21. The number of halogens is 3. The smallest absolute Gasteiger partial charge is 0.416 e. The number of carbonyl (C=O) groups is 3. The molecule has 0 aliphatic heterocycles. The SMILES string of the molecule is CC(=O)[O-].[NH3+][C@@H](Cc1ccccc1)C(=O)N[C@@H](CC1=CCc2c1cccc2C(F)(F)F)C(=O)O. The van der Waals surface area contributed by atoms with Gasteiger partial charge < -0.3 is 26.1 Å². The topological polar surface area (TPSA) is 134 Å². The van der Waals surface area contributed by atoms with Crippen molar-refractivity contribution in [1.29, 1.82) is 0 Å². The molecule has 0 bridgehead atoms. The summed E-state index contributed by atoms with van der Waals surface area (Å²) in [5, 5.41) is 20.9. The maximum absolute atomic E-state index is 13.2. The second kappa shape index (κ2) is 11.5. The van der Waals surface area contributed by atoms with Crippen LogP contribution in [0, 0.1) is 0 Å². The van der Waals surface area contributed by atoms with E-state index in [-0.39, 0.29) is 18.4 Å². The highest BCUT2D eigenvalue weighted by atomic mass is 19.4. The van der Waals surface area contributed by atoms with Crippen molar-refractivity contribution in [1.82, 2.24) is 5.32 Å². The molecule has 0 radical (unpaired) electrons. The number of fused-ring (bicyclic) bond motifs is 1. The summed E-state index contributed by atoms with van der Waals surface area (Å²) in [7, 11) is 0. The lowest BCUT2D eigenvalue weighted by Crippen LogP contribution is -2.69. The maximum Gasteiger partial charge on any atom is 0.416 e. The predicted molar refractivity (Wildman–Crippen MR) is 115 cm³/mol. The summed E-state index contributed by atoms with van der Waals surface area (Å²) in [4.78, 5) is 33.1. The largest absolute Gasteiger partial charge is 0.550 e. The number of carbonyl (C=O) groups excluding carboxylic acids is 2. The Labute approximate surface area is 194 Å². The Morgan fingerprint density at radius 1 is 1.09 bits per heavy atom. The summed E-state index contributed by atoms with van der Waals surface area (Å²) < 4.78 is 39.7. The van der Waals surface area contributed by atoms with E-state index in [2.05, 4.69) is 11.1 Å². The first-order chi connectivity index (χ1) is 15.9. The number of quaternary nitrogens is 1. The number of allylic oxidation sites excluding steroid dienone is 1. The van der Waals surface area contributed by atoms with Gasteiger partial charge >= 0.3 is 12.1 Å². The standard InChI is InChI=1S/C22H21F3N2O3.C2H4O2/c23-22(24,25)17-8-4-7-15-14(9-10-16(15)17)12-19(21(29)30)27-20(28)18(26)11-13-5-2-1-3-6-13;1-2(3)4/h1-9,18-19H,10-12,26H2,(H,27,28)(H,29,30);1H3,(H,3,4)/t18-,19-;/m0./s1. The Morgan fingerprint density at radius 2 is 1.71 bits per heavy atom. The molecule has 182 valence electrons. The van der Waals surface area contributed by atoms with E-state index in [4.69, 9.17) is 9.90 Å². The Bertz CT molecular complexity index is 1060. The van der Waals surface area contributed by atoms with Crippen LogP contribution in [-0.2, 0) is 33.4 Å². The van der Waals surface area contributed by atoms with Crippen molar-refractivity contribution >= 4 is 23.4 Å². The lowest BCUT2D eigenvalue weighted by molar-refractivity contribution is -0.403. The molecule has 0 saturated carbocycles. The summed E-state index contributed by atoms with van der Waals surface area (Å²) in [5.74, 6) is -2.86. The second-order valence-corrected chi connectivity index (χ2v) is 7.74. The second-order valence-electron chi connectivity index (χ2n) is 7.74. The molecule has 1 amide bonds. The molecular formula is C24H25F3N2O5. The van der Waals surface area contributed by atoms with E-state index in [9.17, 15) is 27.9 Å². The lowest BCUT2D eigenvalue weighted by Gasteiger charge is -2.18. The molecule has 2 aromatic carbocycles. The summed E-state index contributed by atoms with van der Waals surface area (Å²) in [6, 6.07) is 11.1. The van der Waals surface area contributed by atoms with Gasteiger partial charge in [0.1, 0.15) is 6.04 Å². The molecule has 34 heavy (non-hydrogen) atoms. The van der Waals surface area contributed by atoms with Crippen LogP contribution >= 0.6 is 0 Å². The van der Waals surface area contributed by atoms with E-state index < -0.39 is 41.7 Å². The van der Waals surface area contributed by atoms with Crippen LogP contribution in [0.1, 0.15) is 35.6 Å². The third-order valence-electron chi connectivity index (χ3n) is 5.11. The minimum Gasteiger partial charge on any atom is -0.550 e. The van der Waals surface area contributed by atoms with Crippen molar-refractivity contribution in [2.24, 2.45) is 0 Å². The molecule has 2 aromatic rings. The summed E-state index contributed by atoms with van der Waals surface area (Å²) >= 11 is 0. The van der Waals surface area contributed by atoms with Gasteiger partial charge in [0.2, 0.25) is 0 Å². The van der Waals surface area contributed by atoms with Gasteiger partial charge in [-0.1, -0.05) is 48.5 Å². The molecule has 0 heterocycles. The molecule has 1 aliphatic carbocycles. The fourth-order valence-electron chi connectivity index (χ4n) is 3.60. The molecule has 0 spiro atoms. The number of alkyl halides is 3. The number of carboxylic acid groups (broad SMARTS) is 2. The fraction of sp³-hybridized carbons (Fsp3) is 0.292. The highest BCUT2D eigenvalue weighted by Gasteiger charge is 2.36. The molecule has 0 fully saturated rings. The first-order valence-corrected chi connectivity index (χ1v) is 10.4. The highest BCUT2D eigenvalue weighted by Crippen LogP contribution is 2.39. The van der Waals surface area contributed by atoms with Gasteiger partial charge in [-0.25, -0.2) is 4.79 Å². The van der Waals surface area contributed by atoms with Gasteiger partial charge in [-0.05, 0) is 41.7 Å². The lowest BCUT2D eigenvalue weighted by atomic mass is 9.96. The van der Waals surface area contributed by atoms with E-state index in [0.29, 0.717) is 17.6 Å². The summed E-state index contributed by atoms with van der Waals surface area (Å²) in [5.41, 5.74) is 4.97. The van der Waals surface area contributed by atoms with Gasteiger partial charge in [-0.15, -0.1) is 0 Å². The van der Waals surface area contributed by atoms with E-state index in [1.54, 1.807) is 12.1 Å². The molecule has 3 rings (SSSR count). The normalized spacial score (nSPS) is 14.1. The molecular weight excluding hydrogens is 453 g/mol. The molecule has 0 saturated heterocycles. The van der Waals surface area contributed by atoms with Crippen LogP contribution in [0.2, 0.25) is 0 Å². The van der Waals surface area contributed by atoms with Crippen LogP contribution in [0.25, 0.3) is 5.57 Å². The quantitative estimate of drug-likeness (QED) is 0.550. The fourth-order valence-corrected chi connectivity index (χ4v) is 3.60. The molecule has 5 N–H and O–H groups in total. The number of carboxylic acids is 2. The van der Waals surface area contributed by atoms with Gasteiger partial charge in [0, 0.05) is 18.8 Å². The number of rotatable bonds is 7. The Morgan fingerprint density at radius 3 is 2.26 bits per heavy atom. The van der Waals surface area contributed by atoms with Gasteiger partial charge in [-0.3, -0.25) is 4.79 Å². The van der Waals surface area contributed by atoms with E-state index in [0.717, 1.165) is 18.6 Å². The zero-order valence-electron chi connectivity index (χ0n) is 18.4. The van der Waals surface area contributed by atoms with Crippen LogP contribution in [0.5, 0.6) is 0 Å². The Hall–Kier alpha value is -3.66. The first kappa shape index (κ1) is 26.6. The molecule has 0 unspecified atom stereocenters. The van der Waals surface area contributed by atoms with E-state index in [1.165, 1.54) is 6.07 Å². The van der Waals surface area contributed by atoms with E-state index >= 15 is 0 Å². The molecule has 0 aromatic heterocycles. The number of amides is 1. The van der Waals surface area contributed by atoms with Crippen LogP contribution in [0.15, 0.2) is 54.6 Å². The number of hydrogen-bond donors (Lipinski definition) is 3. The van der Waals surface area contributed by atoms with Crippen molar-refractivity contribution < 1.29 is 43.5 Å². The maximum atomic E-state index is 13.2. The Balaban J connectivity index is 0.000000945. The van der Waals surface area contributed by atoms with Gasteiger partial charge in [0.25, 0.3) is 5.91 Å². The van der Waals surface area contributed by atoms with Crippen LogP contribution in [-0.4, -0.2) is 35.0 Å². The number of benzene rings is 2. The number of aliphatic carboxylic acids is 2. The van der Waals surface area contributed by atoms with Crippen molar-refractivity contribution in [3.8, 4) is 0 Å². The minimum absolute atomic E-state index is 0.0760. The minimum atomic E-state index is -4.48.